The highest BCUT2D eigenvalue weighted by atomic mass is 127. The van der Waals surface area contributed by atoms with E-state index in [9.17, 15) is 14.7 Å². The summed E-state index contributed by atoms with van der Waals surface area (Å²) in [7, 11) is 0. The standard InChI is InChI=1S/C23H18INO4S/c1-2-29-19-11-14(10-18(24)21(19)26)12-20-22(27)25(23(28)30-20)13-16-8-5-7-15-6-3-4-9-17(15)16/h3-12,26H,2,13H2,1H3/b20-12+. The van der Waals surface area contributed by atoms with Crippen LogP contribution in [0.4, 0.5) is 4.79 Å². The van der Waals surface area contributed by atoms with Crippen LogP contribution in [0.3, 0.4) is 0 Å². The molecular weight excluding hydrogens is 513 g/mol. The molecule has 5 nitrogen and oxygen atoms in total. The summed E-state index contributed by atoms with van der Waals surface area (Å²) in [5, 5.41) is 11.9. The molecule has 152 valence electrons. The Morgan fingerprint density at radius 2 is 1.90 bits per heavy atom. The van der Waals surface area contributed by atoms with E-state index in [0.717, 1.165) is 28.1 Å². The number of phenolic OH excluding ortho intramolecular Hbond substituents is 1. The van der Waals surface area contributed by atoms with Crippen LogP contribution in [0.5, 0.6) is 11.5 Å². The lowest BCUT2D eigenvalue weighted by Crippen LogP contribution is -2.27. The van der Waals surface area contributed by atoms with Gasteiger partial charge >= 0.3 is 0 Å². The summed E-state index contributed by atoms with van der Waals surface area (Å²) in [4.78, 5) is 27.2. The third kappa shape index (κ3) is 4.04. The lowest BCUT2D eigenvalue weighted by molar-refractivity contribution is -0.123. The third-order valence-electron chi connectivity index (χ3n) is 4.73. The van der Waals surface area contributed by atoms with Gasteiger partial charge in [0.1, 0.15) is 0 Å². The van der Waals surface area contributed by atoms with Crippen molar-refractivity contribution in [1.82, 2.24) is 4.90 Å². The number of halogens is 1. The van der Waals surface area contributed by atoms with E-state index >= 15 is 0 Å². The summed E-state index contributed by atoms with van der Waals surface area (Å²) in [6.45, 7) is 2.47. The number of aromatic hydroxyl groups is 1. The topological polar surface area (TPSA) is 66.8 Å². The van der Waals surface area contributed by atoms with Crippen LogP contribution in [0, 0.1) is 3.57 Å². The monoisotopic (exact) mass is 531 g/mol. The molecule has 0 unspecified atom stereocenters. The molecule has 1 aliphatic heterocycles. The second-order valence-electron chi connectivity index (χ2n) is 6.69. The van der Waals surface area contributed by atoms with Gasteiger partial charge in [-0.25, -0.2) is 0 Å². The normalized spacial score (nSPS) is 15.4. The van der Waals surface area contributed by atoms with E-state index < -0.39 is 0 Å². The minimum Gasteiger partial charge on any atom is -0.504 e. The number of amides is 2. The van der Waals surface area contributed by atoms with E-state index in [1.54, 1.807) is 18.2 Å². The van der Waals surface area contributed by atoms with Gasteiger partial charge in [-0.05, 0) is 81.4 Å². The fourth-order valence-electron chi connectivity index (χ4n) is 3.33. The largest absolute Gasteiger partial charge is 0.504 e. The number of nitrogens with zero attached hydrogens (tertiary/aromatic N) is 1. The molecule has 0 saturated carbocycles. The maximum atomic E-state index is 13.0. The molecule has 2 amide bonds. The fourth-order valence-corrected chi connectivity index (χ4v) is 4.79. The minimum absolute atomic E-state index is 0.0682. The van der Waals surface area contributed by atoms with Gasteiger partial charge < -0.3 is 9.84 Å². The van der Waals surface area contributed by atoms with Crippen molar-refractivity contribution in [2.45, 2.75) is 13.5 Å². The van der Waals surface area contributed by atoms with Crippen molar-refractivity contribution in [3.8, 4) is 11.5 Å². The Labute approximate surface area is 191 Å². The zero-order valence-electron chi connectivity index (χ0n) is 16.1. The molecule has 1 heterocycles. The molecular formula is C23H18INO4S. The van der Waals surface area contributed by atoms with Gasteiger partial charge in [-0.3, -0.25) is 14.5 Å². The quantitative estimate of drug-likeness (QED) is 0.334. The highest BCUT2D eigenvalue weighted by Crippen LogP contribution is 2.37. The van der Waals surface area contributed by atoms with E-state index in [2.05, 4.69) is 0 Å². The third-order valence-corrected chi connectivity index (χ3v) is 6.46. The molecule has 0 radical (unpaired) electrons. The first-order valence-electron chi connectivity index (χ1n) is 9.35. The van der Waals surface area contributed by atoms with Crippen LogP contribution in [0.15, 0.2) is 59.5 Å². The number of carbonyl (C=O) groups is 2. The van der Waals surface area contributed by atoms with Crippen molar-refractivity contribution in [3.63, 3.8) is 0 Å². The van der Waals surface area contributed by atoms with Crippen molar-refractivity contribution < 1.29 is 19.4 Å². The molecule has 1 saturated heterocycles. The summed E-state index contributed by atoms with van der Waals surface area (Å²) in [6.07, 6.45) is 1.66. The zero-order valence-corrected chi connectivity index (χ0v) is 19.1. The van der Waals surface area contributed by atoms with Crippen LogP contribution in [0.25, 0.3) is 16.8 Å². The van der Waals surface area contributed by atoms with Crippen LogP contribution in [-0.4, -0.2) is 27.8 Å². The Hall–Kier alpha value is -2.52. The predicted molar refractivity (Wildman–Crippen MR) is 127 cm³/mol. The molecule has 1 fully saturated rings. The lowest BCUT2D eigenvalue weighted by atomic mass is 10.0. The Morgan fingerprint density at radius 1 is 1.13 bits per heavy atom. The van der Waals surface area contributed by atoms with Crippen molar-refractivity contribution in [2.75, 3.05) is 6.61 Å². The number of hydrogen-bond acceptors (Lipinski definition) is 5. The highest BCUT2D eigenvalue weighted by Gasteiger charge is 2.35. The van der Waals surface area contributed by atoms with Crippen LogP contribution in [0.2, 0.25) is 0 Å². The van der Waals surface area contributed by atoms with E-state index in [4.69, 9.17) is 4.74 Å². The van der Waals surface area contributed by atoms with Gasteiger partial charge in [0.05, 0.1) is 21.6 Å². The van der Waals surface area contributed by atoms with Crippen LogP contribution >= 0.6 is 34.4 Å². The Bertz CT molecular complexity index is 1190. The van der Waals surface area contributed by atoms with Crippen LogP contribution < -0.4 is 4.74 Å². The molecule has 3 aromatic rings. The first-order chi connectivity index (χ1) is 14.5. The van der Waals surface area contributed by atoms with Gasteiger partial charge in [-0.15, -0.1) is 0 Å². The first-order valence-corrected chi connectivity index (χ1v) is 11.2. The van der Waals surface area contributed by atoms with E-state index in [1.165, 1.54) is 4.90 Å². The number of ether oxygens (including phenoxy) is 1. The average Bonchev–Trinajstić information content (AvgIpc) is 2.99. The summed E-state index contributed by atoms with van der Waals surface area (Å²) in [6, 6.07) is 17.2. The molecule has 0 aliphatic carbocycles. The lowest BCUT2D eigenvalue weighted by Gasteiger charge is -2.14. The van der Waals surface area contributed by atoms with Crippen LogP contribution in [0.1, 0.15) is 18.1 Å². The maximum absolute atomic E-state index is 13.0. The number of thioether (sulfide) groups is 1. The van der Waals surface area contributed by atoms with Gasteiger partial charge in [0.25, 0.3) is 11.1 Å². The Morgan fingerprint density at radius 3 is 2.70 bits per heavy atom. The highest BCUT2D eigenvalue weighted by molar-refractivity contribution is 14.1. The summed E-state index contributed by atoms with van der Waals surface area (Å²) >= 11 is 2.93. The number of carbonyl (C=O) groups excluding carboxylic acids is 2. The number of rotatable bonds is 5. The second kappa shape index (κ2) is 8.69. The van der Waals surface area contributed by atoms with Crippen molar-refractivity contribution in [1.29, 1.82) is 0 Å². The summed E-state index contributed by atoms with van der Waals surface area (Å²) in [5.74, 6) is 0.100. The predicted octanol–water partition coefficient (Wildman–Crippen LogP) is 5.79. The Kier molecular flexibility index (Phi) is 6.01. The molecule has 3 aromatic carbocycles. The molecule has 4 rings (SSSR count). The molecule has 1 N–H and O–H groups in total. The van der Waals surface area contributed by atoms with E-state index in [1.807, 2.05) is 72.0 Å². The number of phenols is 1. The first kappa shape index (κ1) is 20.7. The fraction of sp³-hybridized carbons (Fsp3) is 0.130. The molecule has 0 atom stereocenters. The zero-order chi connectivity index (χ0) is 21.3. The summed E-state index contributed by atoms with van der Waals surface area (Å²) < 4.78 is 6.07. The second-order valence-corrected chi connectivity index (χ2v) is 8.84. The van der Waals surface area contributed by atoms with Gasteiger partial charge in [0.15, 0.2) is 11.5 Å². The average molecular weight is 531 g/mol. The van der Waals surface area contributed by atoms with Gasteiger partial charge in [-0.2, -0.15) is 0 Å². The molecule has 30 heavy (non-hydrogen) atoms. The van der Waals surface area contributed by atoms with Crippen LogP contribution in [-0.2, 0) is 11.3 Å². The summed E-state index contributed by atoms with van der Waals surface area (Å²) in [5.41, 5.74) is 1.62. The molecule has 1 aliphatic rings. The van der Waals surface area contributed by atoms with Crippen molar-refractivity contribution in [3.05, 3.63) is 74.2 Å². The molecule has 7 heteroatoms. The van der Waals surface area contributed by atoms with E-state index in [-0.39, 0.29) is 23.4 Å². The number of fused-ring (bicyclic) bond motifs is 1. The molecule has 0 aromatic heterocycles. The smallest absolute Gasteiger partial charge is 0.293 e. The maximum Gasteiger partial charge on any atom is 0.293 e. The van der Waals surface area contributed by atoms with Crippen molar-refractivity contribution >= 4 is 62.3 Å². The number of imide groups is 1. The van der Waals surface area contributed by atoms with E-state index in [0.29, 0.717) is 26.4 Å². The number of hydrogen-bond donors (Lipinski definition) is 1. The molecule has 0 spiro atoms. The minimum atomic E-state index is -0.320. The Balaban J connectivity index is 1.63. The van der Waals surface area contributed by atoms with Gasteiger partial charge in [-0.1, -0.05) is 42.5 Å². The van der Waals surface area contributed by atoms with Gasteiger partial charge in [0, 0.05) is 0 Å². The number of benzene rings is 3. The van der Waals surface area contributed by atoms with Gasteiger partial charge in [0.2, 0.25) is 0 Å². The SMILES string of the molecule is CCOc1cc(/C=C2/SC(=O)N(Cc3cccc4ccccc34)C2=O)cc(I)c1O. The molecule has 0 bridgehead atoms. The van der Waals surface area contributed by atoms with Crippen molar-refractivity contribution in [2.24, 2.45) is 0 Å².